The van der Waals surface area contributed by atoms with Gasteiger partial charge in [0.1, 0.15) is 6.04 Å². The number of hydrogen-bond acceptors (Lipinski definition) is 2. The number of nitrogens with zero attached hydrogens (tertiary/aromatic N) is 1. The third-order valence-electron chi connectivity index (χ3n) is 2.72. The fraction of sp³-hybridized carbons (Fsp3) is 0.0667. The van der Waals surface area contributed by atoms with E-state index >= 15 is 0 Å². The standard InChI is InChI=1S/C15H10BrClN2O/c16-12-7-6-11(8-13(12)17)15(20)19-14(9-18)10-4-2-1-3-5-10/h1-8,14H,(H,19,20). The third kappa shape index (κ3) is 3.38. The molecule has 0 fully saturated rings. The second-order valence-electron chi connectivity index (χ2n) is 4.08. The van der Waals surface area contributed by atoms with Gasteiger partial charge in [-0.25, -0.2) is 0 Å². The van der Waals surface area contributed by atoms with Gasteiger partial charge in [0.05, 0.1) is 11.1 Å². The predicted octanol–water partition coefficient (Wildman–Crippen LogP) is 4.10. The first-order chi connectivity index (χ1) is 9.61. The summed E-state index contributed by atoms with van der Waals surface area (Å²) >= 11 is 9.22. The molecule has 5 heteroatoms. The monoisotopic (exact) mass is 348 g/mol. The quantitative estimate of drug-likeness (QED) is 0.907. The van der Waals surface area contributed by atoms with E-state index in [1.807, 2.05) is 18.2 Å². The summed E-state index contributed by atoms with van der Waals surface area (Å²) in [6.07, 6.45) is 0. The maximum atomic E-state index is 12.1. The van der Waals surface area contributed by atoms with Gasteiger partial charge in [-0.3, -0.25) is 4.79 Å². The van der Waals surface area contributed by atoms with Gasteiger partial charge in [-0.2, -0.15) is 5.26 Å². The number of carbonyl (C=O) groups is 1. The maximum Gasteiger partial charge on any atom is 0.252 e. The van der Waals surface area contributed by atoms with Gasteiger partial charge in [-0.1, -0.05) is 41.9 Å². The molecule has 3 nitrogen and oxygen atoms in total. The van der Waals surface area contributed by atoms with Crippen LogP contribution < -0.4 is 5.32 Å². The molecule has 1 atom stereocenters. The summed E-state index contributed by atoms with van der Waals surface area (Å²) in [7, 11) is 0. The number of carbonyl (C=O) groups excluding carboxylic acids is 1. The number of hydrogen-bond donors (Lipinski definition) is 1. The highest BCUT2D eigenvalue weighted by Gasteiger charge is 2.15. The van der Waals surface area contributed by atoms with Crippen LogP contribution in [0.15, 0.2) is 53.0 Å². The molecule has 0 saturated carbocycles. The Balaban J connectivity index is 2.18. The van der Waals surface area contributed by atoms with E-state index in [0.717, 1.165) is 10.0 Å². The van der Waals surface area contributed by atoms with E-state index in [4.69, 9.17) is 11.6 Å². The molecule has 2 rings (SSSR count). The van der Waals surface area contributed by atoms with Crippen LogP contribution in [0.1, 0.15) is 22.0 Å². The number of amides is 1. The van der Waals surface area contributed by atoms with E-state index in [1.54, 1.807) is 30.3 Å². The predicted molar refractivity (Wildman–Crippen MR) is 81.4 cm³/mol. The maximum absolute atomic E-state index is 12.1. The summed E-state index contributed by atoms with van der Waals surface area (Å²) in [6, 6.07) is 15.4. The topological polar surface area (TPSA) is 52.9 Å². The zero-order chi connectivity index (χ0) is 14.5. The van der Waals surface area contributed by atoms with E-state index in [1.165, 1.54) is 0 Å². The van der Waals surface area contributed by atoms with E-state index in [-0.39, 0.29) is 5.91 Å². The number of nitriles is 1. The first-order valence-corrected chi connectivity index (χ1v) is 6.99. The van der Waals surface area contributed by atoms with Crippen LogP contribution in [-0.2, 0) is 0 Å². The number of benzene rings is 2. The first-order valence-electron chi connectivity index (χ1n) is 5.82. The van der Waals surface area contributed by atoms with Crippen LogP contribution in [0, 0.1) is 11.3 Å². The van der Waals surface area contributed by atoms with Crippen molar-refractivity contribution in [2.24, 2.45) is 0 Å². The fourth-order valence-corrected chi connectivity index (χ4v) is 2.11. The van der Waals surface area contributed by atoms with Crippen molar-refractivity contribution < 1.29 is 4.79 Å². The summed E-state index contributed by atoms with van der Waals surface area (Å²) in [6.45, 7) is 0. The molecular weight excluding hydrogens is 340 g/mol. The van der Waals surface area contributed by atoms with Gasteiger partial charge in [0, 0.05) is 10.0 Å². The Kier molecular flexibility index (Phi) is 4.78. The Morgan fingerprint density at radius 1 is 1.25 bits per heavy atom. The lowest BCUT2D eigenvalue weighted by Gasteiger charge is -2.12. The van der Waals surface area contributed by atoms with Crippen molar-refractivity contribution in [3.63, 3.8) is 0 Å². The molecule has 0 aliphatic carbocycles. The van der Waals surface area contributed by atoms with Crippen LogP contribution in [0.5, 0.6) is 0 Å². The highest BCUT2D eigenvalue weighted by molar-refractivity contribution is 9.10. The molecule has 20 heavy (non-hydrogen) atoms. The van der Waals surface area contributed by atoms with E-state index < -0.39 is 6.04 Å². The molecule has 0 heterocycles. The van der Waals surface area contributed by atoms with Crippen LogP contribution in [0.4, 0.5) is 0 Å². The smallest absolute Gasteiger partial charge is 0.252 e. The Bertz CT molecular complexity index is 667. The highest BCUT2D eigenvalue weighted by atomic mass is 79.9. The van der Waals surface area contributed by atoms with Crippen LogP contribution in [-0.4, -0.2) is 5.91 Å². The summed E-state index contributed by atoms with van der Waals surface area (Å²) in [5.74, 6) is -0.338. The summed E-state index contributed by atoms with van der Waals surface area (Å²) in [5, 5.41) is 12.3. The SMILES string of the molecule is N#CC(NC(=O)c1ccc(Br)c(Cl)c1)c1ccccc1. The fourth-order valence-electron chi connectivity index (χ4n) is 1.69. The lowest BCUT2D eigenvalue weighted by molar-refractivity contribution is 0.0945. The summed E-state index contributed by atoms with van der Waals surface area (Å²) in [5.41, 5.74) is 1.15. The van der Waals surface area contributed by atoms with Gasteiger partial charge in [-0.05, 0) is 39.7 Å². The van der Waals surface area contributed by atoms with Crippen molar-refractivity contribution in [2.45, 2.75) is 6.04 Å². The molecule has 1 unspecified atom stereocenters. The molecule has 0 aliphatic heterocycles. The van der Waals surface area contributed by atoms with Gasteiger partial charge in [0.25, 0.3) is 5.91 Å². The minimum absolute atomic E-state index is 0.338. The molecule has 1 amide bonds. The van der Waals surface area contributed by atoms with Gasteiger partial charge < -0.3 is 5.32 Å². The summed E-state index contributed by atoms with van der Waals surface area (Å²) in [4.78, 5) is 12.1. The van der Waals surface area contributed by atoms with Crippen LogP contribution >= 0.6 is 27.5 Å². The van der Waals surface area contributed by atoms with Crippen molar-refractivity contribution in [3.05, 3.63) is 69.2 Å². The van der Waals surface area contributed by atoms with E-state index in [2.05, 4.69) is 27.3 Å². The summed E-state index contributed by atoms with van der Waals surface area (Å²) < 4.78 is 0.718. The number of nitrogens with one attached hydrogen (secondary N) is 1. The van der Waals surface area contributed by atoms with E-state index in [9.17, 15) is 10.1 Å². The molecule has 0 radical (unpaired) electrons. The zero-order valence-corrected chi connectivity index (χ0v) is 12.6. The van der Waals surface area contributed by atoms with Crippen molar-refractivity contribution in [1.82, 2.24) is 5.32 Å². The Morgan fingerprint density at radius 2 is 1.95 bits per heavy atom. The lowest BCUT2D eigenvalue weighted by Crippen LogP contribution is -2.27. The van der Waals surface area contributed by atoms with Crippen molar-refractivity contribution in [2.75, 3.05) is 0 Å². The highest BCUT2D eigenvalue weighted by Crippen LogP contribution is 2.23. The minimum Gasteiger partial charge on any atom is -0.332 e. The van der Waals surface area contributed by atoms with Gasteiger partial charge >= 0.3 is 0 Å². The molecule has 0 aliphatic rings. The third-order valence-corrected chi connectivity index (χ3v) is 3.95. The minimum atomic E-state index is -0.689. The second-order valence-corrected chi connectivity index (χ2v) is 5.34. The number of rotatable bonds is 3. The Hall–Kier alpha value is -1.83. The van der Waals surface area contributed by atoms with Crippen molar-refractivity contribution in [3.8, 4) is 6.07 Å². The molecule has 0 bridgehead atoms. The van der Waals surface area contributed by atoms with Crippen LogP contribution in [0.2, 0.25) is 5.02 Å². The van der Waals surface area contributed by atoms with Crippen molar-refractivity contribution >= 4 is 33.4 Å². The average molecular weight is 350 g/mol. The molecule has 2 aromatic carbocycles. The second kappa shape index (κ2) is 6.56. The molecule has 0 saturated heterocycles. The Labute approximate surface area is 130 Å². The van der Waals surface area contributed by atoms with Gasteiger partial charge in [-0.15, -0.1) is 0 Å². The molecule has 100 valence electrons. The molecular formula is C15H10BrClN2O. The van der Waals surface area contributed by atoms with Crippen LogP contribution in [0.25, 0.3) is 0 Å². The normalized spacial score (nSPS) is 11.4. The largest absolute Gasteiger partial charge is 0.332 e. The van der Waals surface area contributed by atoms with Crippen LogP contribution in [0.3, 0.4) is 0 Å². The average Bonchev–Trinajstić information content (AvgIpc) is 2.48. The van der Waals surface area contributed by atoms with E-state index in [0.29, 0.717) is 10.6 Å². The van der Waals surface area contributed by atoms with Gasteiger partial charge in [0.15, 0.2) is 0 Å². The number of halogens is 2. The zero-order valence-electron chi connectivity index (χ0n) is 10.3. The lowest BCUT2D eigenvalue weighted by atomic mass is 10.1. The first kappa shape index (κ1) is 14.6. The van der Waals surface area contributed by atoms with Crippen molar-refractivity contribution in [1.29, 1.82) is 5.26 Å². The molecule has 2 aromatic rings. The van der Waals surface area contributed by atoms with Gasteiger partial charge in [0.2, 0.25) is 0 Å². The molecule has 1 N–H and O–H groups in total. The molecule has 0 aromatic heterocycles. The Morgan fingerprint density at radius 3 is 2.55 bits per heavy atom. The molecule has 0 spiro atoms.